The van der Waals surface area contributed by atoms with Crippen molar-refractivity contribution in [1.82, 2.24) is 10.2 Å². The highest BCUT2D eigenvalue weighted by molar-refractivity contribution is 5.84. The Balaban J connectivity index is 1.81. The Labute approximate surface area is 125 Å². The summed E-state index contributed by atoms with van der Waals surface area (Å²) in [6.45, 7) is 4.04. The van der Waals surface area contributed by atoms with E-state index in [0.29, 0.717) is 26.3 Å². The van der Waals surface area contributed by atoms with Gasteiger partial charge in [0, 0.05) is 32.3 Å². The fourth-order valence-electron chi connectivity index (χ4n) is 2.76. The Hall–Kier alpha value is -1.18. The zero-order valence-corrected chi connectivity index (χ0v) is 12.8. The van der Waals surface area contributed by atoms with Gasteiger partial charge in [0.15, 0.2) is 0 Å². The lowest BCUT2D eigenvalue weighted by atomic mass is 9.84. The molecule has 7 nitrogen and oxygen atoms in total. The lowest BCUT2D eigenvalue weighted by Gasteiger charge is -2.34. The van der Waals surface area contributed by atoms with E-state index < -0.39 is 5.41 Å². The summed E-state index contributed by atoms with van der Waals surface area (Å²) in [5.74, 6) is -0.0466. The van der Waals surface area contributed by atoms with Crippen LogP contribution in [0.25, 0.3) is 0 Å². The number of amides is 2. The average molecular weight is 299 g/mol. The van der Waals surface area contributed by atoms with Crippen LogP contribution in [0.15, 0.2) is 0 Å². The van der Waals surface area contributed by atoms with E-state index in [4.69, 9.17) is 15.2 Å². The molecule has 2 aliphatic rings. The van der Waals surface area contributed by atoms with Gasteiger partial charge in [-0.1, -0.05) is 0 Å². The summed E-state index contributed by atoms with van der Waals surface area (Å²) in [6.07, 6.45) is 1.51. The first-order valence-corrected chi connectivity index (χ1v) is 7.38. The van der Waals surface area contributed by atoms with Gasteiger partial charge in [-0.25, -0.2) is 0 Å². The standard InChI is InChI=1S/C14H25N3O4/c1-14(9-21-7-11(14)15)13(19)16-10-3-5-17(6-4-10)12(18)8-20-2/h10-11H,3-9,15H2,1-2H3,(H,16,19). The Morgan fingerprint density at radius 2 is 2.10 bits per heavy atom. The summed E-state index contributed by atoms with van der Waals surface area (Å²) < 4.78 is 10.2. The topological polar surface area (TPSA) is 93.9 Å². The summed E-state index contributed by atoms with van der Waals surface area (Å²) >= 11 is 0. The number of methoxy groups -OCH3 is 1. The highest BCUT2D eigenvalue weighted by Crippen LogP contribution is 2.27. The second-order valence-corrected chi connectivity index (χ2v) is 6.10. The zero-order chi connectivity index (χ0) is 15.5. The van der Waals surface area contributed by atoms with Gasteiger partial charge in [-0.3, -0.25) is 9.59 Å². The maximum absolute atomic E-state index is 12.4. The molecule has 0 saturated carbocycles. The molecule has 2 heterocycles. The van der Waals surface area contributed by atoms with E-state index in [9.17, 15) is 9.59 Å². The molecule has 2 fully saturated rings. The molecule has 120 valence electrons. The predicted octanol–water partition coefficient (Wildman–Crippen LogP) is -0.896. The van der Waals surface area contributed by atoms with Crippen molar-refractivity contribution >= 4 is 11.8 Å². The van der Waals surface area contributed by atoms with Gasteiger partial charge >= 0.3 is 0 Å². The van der Waals surface area contributed by atoms with Crippen molar-refractivity contribution in [2.45, 2.75) is 31.8 Å². The average Bonchev–Trinajstić information content (AvgIpc) is 2.81. The largest absolute Gasteiger partial charge is 0.379 e. The van der Waals surface area contributed by atoms with Crippen molar-refractivity contribution in [3.8, 4) is 0 Å². The summed E-state index contributed by atoms with van der Waals surface area (Å²) in [6, 6.07) is -0.172. The van der Waals surface area contributed by atoms with Gasteiger partial charge in [0.2, 0.25) is 11.8 Å². The second-order valence-electron chi connectivity index (χ2n) is 6.10. The van der Waals surface area contributed by atoms with E-state index in [-0.39, 0.29) is 30.5 Å². The minimum atomic E-state index is -0.650. The maximum Gasteiger partial charge on any atom is 0.248 e. The molecule has 0 aromatic rings. The van der Waals surface area contributed by atoms with Crippen LogP contribution in [0.1, 0.15) is 19.8 Å². The molecule has 2 aliphatic heterocycles. The van der Waals surface area contributed by atoms with Crippen LogP contribution in [-0.4, -0.2) is 68.8 Å². The van der Waals surface area contributed by atoms with Crippen LogP contribution in [0.3, 0.4) is 0 Å². The minimum absolute atomic E-state index is 0.000420. The lowest BCUT2D eigenvalue weighted by molar-refractivity contribution is -0.136. The first kappa shape index (κ1) is 16.2. The van der Waals surface area contributed by atoms with Crippen LogP contribution in [0.4, 0.5) is 0 Å². The molecule has 3 N–H and O–H groups in total. The number of ether oxygens (including phenoxy) is 2. The van der Waals surface area contributed by atoms with Gasteiger partial charge in [-0.15, -0.1) is 0 Å². The fourth-order valence-corrected chi connectivity index (χ4v) is 2.76. The van der Waals surface area contributed by atoms with E-state index in [1.165, 1.54) is 7.11 Å². The van der Waals surface area contributed by atoms with E-state index in [0.717, 1.165) is 12.8 Å². The van der Waals surface area contributed by atoms with Crippen LogP contribution >= 0.6 is 0 Å². The van der Waals surface area contributed by atoms with Crippen molar-refractivity contribution in [2.75, 3.05) is 40.0 Å². The molecule has 2 atom stereocenters. The molecular formula is C14H25N3O4. The minimum Gasteiger partial charge on any atom is -0.379 e. The maximum atomic E-state index is 12.4. The SMILES string of the molecule is COCC(=O)N1CCC(NC(=O)C2(C)COCC2N)CC1. The number of rotatable bonds is 4. The molecule has 0 radical (unpaired) electrons. The van der Waals surface area contributed by atoms with Crippen LogP contribution in [0, 0.1) is 5.41 Å². The van der Waals surface area contributed by atoms with E-state index >= 15 is 0 Å². The monoisotopic (exact) mass is 299 g/mol. The van der Waals surface area contributed by atoms with Crippen molar-refractivity contribution < 1.29 is 19.1 Å². The molecular weight excluding hydrogens is 274 g/mol. The molecule has 0 aliphatic carbocycles. The second kappa shape index (κ2) is 6.72. The number of carbonyl (C=O) groups excluding carboxylic acids is 2. The van der Waals surface area contributed by atoms with Crippen LogP contribution in [0.2, 0.25) is 0 Å². The molecule has 0 aromatic heterocycles. The molecule has 2 rings (SSSR count). The number of nitrogens with one attached hydrogen (secondary N) is 1. The molecule has 0 spiro atoms. The zero-order valence-electron chi connectivity index (χ0n) is 12.8. The summed E-state index contributed by atoms with van der Waals surface area (Å²) in [7, 11) is 1.51. The molecule has 2 saturated heterocycles. The van der Waals surface area contributed by atoms with Crippen molar-refractivity contribution in [1.29, 1.82) is 0 Å². The van der Waals surface area contributed by atoms with Crippen molar-refractivity contribution in [2.24, 2.45) is 11.1 Å². The first-order valence-electron chi connectivity index (χ1n) is 7.38. The fraction of sp³-hybridized carbons (Fsp3) is 0.857. The Morgan fingerprint density at radius 3 is 2.62 bits per heavy atom. The molecule has 0 aromatic carbocycles. The summed E-state index contributed by atoms with van der Waals surface area (Å²) in [4.78, 5) is 25.9. The highest BCUT2D eigenvalue weighted by Gasteiger charge is 2.45. The molecule has 2 unspecified atom stereocenters. The number of nitrogens with zero attached hydrogens (tertiary/aromatic N) is 1. The Kier molecular flexibility index (Phi) is 5.18. The Morgan fingerprint density at radius 1 is 1.43 bits per heavy atom. The predicted molar refractivity (Wildman–Crippen MR) is 76.5 cm³/mol. The number of likely N-dealkylation sites (tertiary alicyclic amines) is 1. The summed E-state index contributed by atoms with van der Waals surface area (Å²) in [5.41, 5.74) is 5.31. The van der Waals surface area contributed by atoms with E-state index in [1.807, 2.05) is 6.92 Å². The molecule has 0 bridgehead atoms. The van der Waals surface area contributed by atoms with Gasteiger partial charge in [0.1, 0.15) is 6.61 Å². The highest BCUT2D eigenvalue weighted by atomic mass is 16.5. The van der Waals surface area contributed by atoms with E-state index in [1.54, 1.807) is 4.90 Å². The van der Waals surface area contributed by atoms with Gasteiger partial charge < -0.3 is 25.4 Å². The number of piperidine rings is 1. The third-order valence-corrected chi connectivity index (χ3v) is 4.49. The molecule has 7 heteroatoms. The number of hydrogen-bond donors (Lipinski definition) is 2. The van der Waals surface area contributed by atoms with Crippen molar-refractivity contribution in [3.63, 3.8) is 0 Å². The van der Waals surface area contributed by atoms with E-state index in [2.05, 4.69) is 5.32 Å². The first-order chi connectivity index (χ1) is 9.97. The molecule has 2 amide bonds. The quantitative estimate of drug-likeness (QED) is 0.702. The normalized spacial score (nSPS) is 30.4. The Bertz CT molecular complexity index is 396. The third-order valence-electron chi connectivity index (χ3n) is 4.49. The summed E-state index contributed by atoms with van der Waals surface area (Å²) in [5, 5.41) is 3.06. The third kappa shape index (κ3) is 3.53. The molecule has 21 heavy (non-hydrogen) atoms. The lowest BCUT2D eigenvalue weighted by Crippen LogP contribution is -2.54. The van der Waals surface area contributed by atoms with Crippen LogP contribution in [-0.2, 0) is 19.1 Å². The van der Waals surface area contributed by atoms with Gasteiger partial charge in [0.05, 0.1) is 18.6 Å². The van der Waals surface area contributed by atoms with Gasteiger partial charge in [0.25, 0.3) is 0 Å². The number of hydrogen-bond acceptors (Lipinski definition) is 5. The number of nitrogens with two attached hydrogens (primary N) is 1. The van der Waals surface area contributed by atoms with Crippen LogP contribution < -0.4 is 11.1 Å². The van der Waals surface area contributed by atoms with Gasteiger partial charge in [-0.2, -0.15) is 0 Å². The van der Waals surface area contributed by atoms with Gasteiger partial charge in [-0.05, 0) is 19.8 Å². The smallest absolute Gasteiger partial charge is 0.248 e. The number of carbonyl (C=O) groups is 2. The van der Waals surface area contributed by atoms with Crippen LogP contribution in [0.5, 0.6) is 0 Å². The van der Waals surface area contributed by atoms with Crippen molar-refractivity contribution in [3.05, 3.63) is 0 Å².